The third-order valence-corrected chi connectivity index (χ3v) is 3.68. The van der Waals surface area contributed by atoms with E-state index in [-0.39, 0.29) is 12.6 Å². The molecule has 0 fully saturated rings. The number of carbonyl (C=O) groups excluding carboxylic acids is 1. The van der Waals surface area contributed by atoms with Gasteiger partial charge in [0, 0.05) is 19.2 Å². The van der Waals surface area contributed by atoms with E-state index in [1.807, 2.05) is 6.07 Å². The van der Waals surface area contributed by atoms with E-state index < -0.39 is 35.0 Å². The van der Waals surface area contributed by atoms with E-state index in [4.69, 9.17) is 5.26 Å². The van der Waals surface area contributed by atoms with Crippen molar-refractivity contribution in [3.63, 3.8) is 0 Å². The molecule has 0 heterocycles. The Morgan fingerprint density at radius 3 is 1.85 bits per heavy atom. The number of hydrogen-bond donors (Lipinski definition) is 0. The van der Waals surface area contributed by atoms with Crippen LogP contribution in [0.3, 0.4) is 0 Å². The Hall–Kier alpha value is -3.02. The molecule has 0 aliphatic rings. The minimum Gasteiger partial charge on any atom is -0.337 e. The van der Waals surface area contributed by atoms with Crippen molar-refractivity contribution in [2.24, 2.45) is 0 Å². The van der Waals surface area contributed by atoms with Gasteiger partial charge in [-0.3, -0.25) is 4.79 Å². The van der Waals surface area contributed by atoms with Gasteiger partial charge in [0.1, 0.15) is 0 Å². The lowest BCUT2D eigenvalue weighted by Crippen LogP contribution is -2.27. The van der Waals surface area contributed by atoms with Crippen molar-refractivity contribution >= 4 is 5.91 Å². The van der Waals surface area contributed by atoms with Gasteiger partial charge in [0.15, 0.2) is 0 Å². The van der Waals surface area contributed by atoms with Crippen molar-refractivity contribution in [1.82, 2.24) is 4.90 Å². The average Bonchev–Trinajstić information content (AvgIpc) is 2.59. The fraction of sp³-hybridized carbons (Fsp3) is 0.222. The number of amides is 1. The van der Waals surface area contributed by atoms with Crippen molar-refractivity contribution in [2.75, 3.05) is 7.05 Å². The zero-order valence-electron chi connectivity index (χ0n) is 13.8. The van der Waals surface area contributed by atoms with Crippen molar-refractivity contribution in [3.05, 3.63) is 70.3 Å². The second-order valence-corrected chi connectivity index (χ2v) is 5.76. The minimum atomic E-state index is -5.03. The molecule has 0 aliphatic heterocycles. The van der Waals surface area contributed by atoms with E-state index in [2.05, 4.69) is 0 Å². The summed E-state index contributed by atoms with van der Waals surface area (Å²) in [7, 11) is 1.26. The highest BCUT2D eigenvalue weighted by atomic mass is 19.4. The number of halogens is 6. The molecule has 3 nitrogen and oxygen atoms in total. The lowest BCUT2D eigenvalue weighted by Gasteiger charge is -2.19. The van der Waals surface area contributed by atoms with Crippen LogP contribution in [0.25, 0.3) is 0 Å². The quantitative estimate of drug-likeness (QED) is 0.707. The van der Waals surface area contributed by atoms with Crippen LogP contribution < -0.4 is 0 Å². The molecule has 0 bridgehead atoms. The van der Waals surface area contributed by atoms with Crippen LogP contribution in [-0.2, 0) is 18.9 Å². The maximum Gasteiger partial charge on any atom is 0.416 e. The average molecular weight is 386 g/mol. The number of rotatable bonds is 3. The Labute approximate surface area is 150 Å². The van der Waals surface area contributed by atoms with Crippen LogP contribution in [0.15, 0.2) is 42.5 Å². The first kappa shape index (κ1) is 20.3. The van der Waals surface area contributed by atoms with Gasteiger partial charge in [-0.25, -0.2) is 0 Å². The second-order valence-electron chi connectivity index (χ2n) is 5.76. The summed E-state index contributed by atoms with van der Waals surface area (Å²) < 4.78 is 77.4. The summed E-state index contributed by atoms with van der Waals surface area (Å²) in [5, 5.41) is 8.73. The largest absolute Gasteiger partial charge is 0.416 e. The Morgan fingerprint density at radius 2 is 1.44 bits per heavy atom. The van der Waals surface area contributed by atoms with Gasteiger partial charge >= 0.3 is 12.4 Å². The highest BCUT2D eigenvalue weighted by molar-refractivity contribution is 5.94. The molecule has 2 rings (SSSR count). The first-order chi connectivity index (χ1) is 12.4. The van der Waals surface area contributed by atoms with Gasteiger partial charge in [-0.2, -0.15) is 31.6 Å². The Balaban J connectivity index is 2.34. The summed E-state index contributed by atoms with van der Waals surface area (Å²) in [6.45, 7) is -0.0534. The van der Waals surface area contributed by atoms with E-state index >= 15 is 0 Å². The highest BCUT2D eigenvalue weighted by Crippen LogP contribution is 2.36. The van der Waals surface area contributed by atoms with Crippen LogP contribution in [0.1, 0.15) is 32.6 Å². The predicted octanol–water partition coefficient (Wildman–Crippen LogP) is 4.87. The summed E-state index contributed by atoms with van der Waals surface area (Å²) in [6.07, 6.45) is -10.1. The zero-order chi connectivity index (χ0) is 20.4. The normalized spacial score (nSPS) is 11.8. The molecule has 0 saturated carbocycles. The monoisotopic (exact) mass is 386 g/mol. The Bertz CT molecular complexity index is 846. The lowest BCUT2D eigenvalue weighted by molar-refractivity contribution is -0.143. The van der Waals surface area contributed by atoms with Crippen molar-refractivity contribution < 1.29 is 31.1 Å². The standard InChI is InChI=1S/C18H12F6N2O/c1-26(10-12-4-2-11(9-25)3-5-12)16(27)13-6-14(17(19,20)21)8-15(7-13)18(22,23)24/h2-8H,10H2,1H3. The molecule has 0 radical (unpaired) electrons. The number of carbonyl (C=O) groups is 1. The molecule has 0 aromatic heterocycles. The van der Waals surface area contributed by atoms with E-state index in [9.17, 15) is 31.1 Å². The van der Waals surface area contributed by atoms with E-state index in [1.54, 1.807) is 0 Å². The van der Waals surface area contributed by atoms with Crippen LogP contribution in [0.5, 0.6) is 0 Å². The topological polar surface area (TPSA) is 44.1 Å². The van der Waals surface area contributed by atoms with Gasteiger partial charge in [-0.15, -0.1) is 0 Å². The molecule has 0 aliphatic carbocycles. The van der Waals surface area contributed by atoms with Gasteiger partial charge in [0.05, 0.1) is 22.8 Å². The molecule has 0 spiro atoms. The maximum atomic E-state index is 12.9. The van der Waals surface area contributed by atoms with Crippen molar-refractivity contribution in [3.8, 4) is 6.07 Å². The Kier molecular flexibility index (Phi) is 5.49. The minimum absolute atomic E-state index is 0.0304. The molecule has 27 heavy (non-hydrogen) atoms. The molecule has 1 amide bonds. The summed E-state index contributed by atoms with van der Waals surface area (Å²) >= 11 is 0. The molecule has 2 aromatic carbocycles. The lowest BCUT2D eigenvalue weighted by atomic mass is 10.0. The van der Waals surface area contributed by atoms with E-state index in [0.29, 0.717) is 23.3 Å². The SMILES string of the molecule is CN(Cc1ccc(C#N)cc1)C(=O)c1cc(C(F)(F)F)cc(C(F)(F)F)c1. The van der Waals surface area contributed by atoms with Gasteiger partial charge in [0.25, 0.3) is 5.91 Å². The zero-order valence-corrected chi connectivity index (χ0v) is 13.8. The van der Waals surface area contributed by atoms with Gasteiger partial charge in [0.2, 0.25) is 0 Å². The van der Waals surface area contributed by atoms with Crippen molar-refractivity contribution in [2.45, 2.75) is 18.9 Å². The third kappa shape index (κ3) is 5.00. The predicted molar refractivity (Wildman–Crippen MR) is 83.4 cm³/mol. The number of nitriles is 1. The summed E-state index contributed by atoms with van der Waals surface area (Å²) in [5.74, 6) is -0.990. The van der Waals surface area contributed by atoms with E-state index in [0.717, 1.165) is 4.90 Å². The molecule has 2 aromatic rings. The molecular weight excluding hydrogens is 374 g/mol. The molecule has 0 unspecified atom stereocenters. The van der Waals surface area contributed by atoms with Crippen LogP contribution in [0.2, 0.25) is 0 Å². The summed E-state index contributed by atoms with van der Waals surface area (Å²) in [6, 6.07) is 8.71. The fourth-order valence-corrected chi connectivity index (χ4v) is 2.33. The van der Waals surface area contributed by atoms with Gasteiger partial charge < -0.3 is 4.90 Å². The van der Waals surface area contributed by atoms with Crippen LogP contribution in [-0.4, -0.2) is 17.9 Å². The molecule has 9 heteroatoms. The van der Waals surface area contributed by atoms with Crippen LogP contribution in [0, 0.1) is 11.3 Å². The smallest absolute Gasteiger partial charge is 0.337 e. The molecule has 0 N–H and O–H groups in total. The molecular formula is C18H12F6N2O. The number of benzene rings is 2. The van der Waals surface area contributed by atoms with E-state index in [1.165, 1.54) is 31.3 Å². The van der Waals surface area contributed by atoms with Crippen LogP contribution >= 0.6 is 0 Å². The number of alkyl halides is 6. The van der Waals surface area contributed by atoms with Crippen LogP contribution in [0.4, 0.5) is 26.3 Å². The molecule has 0 saturated heterocycles. The van der Waals surface area contributed by atoms with Crippen molar-refractivity contribution in [1.29, 1.82) is 5.26 Å². The van der Waals surface area contributed by atoms with Gasteiger partial charge in [-0.05, 0) is 35.9 Å². The second kappa shape index (κ2) is 7.31. The maximum absolute atomic E-state index is 12.9. The highest BCUT2D eigenvalue weighted by Gasteiger charge is 2.37. The molecule has 0 atom stereocenters. The molecule has 142 valence electrons. The summed E-state index contributed by atoms with van der Waals surface area (Å²) in [4.78, 5) is 13.4. The number of nitrogens with zero attached hydrogens (tertiary/aromatic N) is 2. The van der Waals surface area contributed by atoms with Gasteiger partial charge in [-0.1, -0.05) is 12.1 Å². The third-order valence-electron chi connectivity index (χ3n) is 3.68. The fourth-order valence-electron chi connectivity index (χ4n) is 2.33. The Morgan fingerprint density at radius 1 is 0.963 bits per heavy atom. The first-order valence-corrected chi connectivity index (χ1v) is 7.46. The number of hydrogen-bond acceptors (Lipinski definition) is 2. The first-order valence-electron chi connectivity index (χ1n) is 7.46. The summed E-state index contributed by atoms with van der Waals surface area (Å²) in [5.41, 5.74) is -2.87.